The van der Waals surface area contributed by atoms with E-state index in [1.807, 2.05) is 13.0 Å². The zero-order chi connectivity index (χ0) is 28.3. The Balaban J connectivity index is 1.40. The van der Waals surface area contributed by atoms with Crippen LogP contribution in [0.4, 0.5) is 5.69 Å². The number of piperidine rings is 1. The summed E-state index contributed by atoms with van der Waals surface area (Å²) in [4.78, 5) is 12.8. The van der Waals surface area contributed by atoms with Crippen LogP contribution in [0.2, 0.25) is 0 Å². The molecule has 1 amide bonds. The molecule has 5 rings (SSSR count). The largest absolute Gasteiger partial charge is 0.454 e. The van der Waals surface area contributed by atoms with Gasteiger partial charge in [-0.25, -0.2) is 16.8 Å². The van der Waals surface area contributed by atoms with Crippen molar-refractivity contribution >= 4 is 31.6 Å². The lowest BCUT2D eigenvalue weighted by molar-refractivity contribution is -0.116. The summed E-state index contributed by atoms with van der Waals surface area (Å²) in [5.74, 6) is 0.786. The quantitative estimate of drug-likeness (QED) is 0.407. The lowest BCUT2D eigenvalue weighted by Crippen LogP contribution is -2.39. The second kappa shape index (κ2) is 11.6. The van der Waals surface area contributed by atoms with Crippen LogP contribution in [-0.2, 0) is 31.4 Å². The van der Waals surface area contributed by atoms with E-state index in [0.29, 0.717) is 35.8 Å². The van der Waals surface area contributed by atoms with Crippen LogP contribution in [0.25, 0.3) is 0 Å². The fourth-order valence-electron chi connectivity index (χ4n) is 4.80. The van der Waals surface area contributed by atoms with Gasteiger partial charge in [0.25, 0.3) is 0 Å². The molecule has 3 aromatic rings. The minimum Gasteiger partial charge on any atom is -0.454 e. The zero-order valence-electron chi connectivity index (χ0n) is 22.0. The molecule has 2 aliphatic heterocycles. The van der Waals surface area contributed by atoms with Crippen molar-refractivity contribution in [3.05, 3.63) is 78.4 Å². The summed E-state index contributed by atoms with van der Waals surface area (Å²) >= 11 is 0. The molecule has 0 spiro atoms. The maximum atomic E-state index is 13.8. The summed E-state index contributed by atoms with van der Waals surface area (Å²) in [6.45, 7) is 2.38. The number of hydrogen-bond acceptors (Lipinski definition) is 7. The molecule has 12 heteroatoms. The third-order valence-corrected chi connectivity index (χ3v) is 10.6. The van der Waals surface area contributed by atoms with E-state index in [4.69, 9.17) is 9.47 Å². The molecule has 212 valence electrons. The normalized spacial score (nSPS) is 17.6. The van der Waals surface area contributed by atoms with Crippen LogP contribution in [0.15, 0.2) is 82.6 Å². The monoisotopic (exact) mass is 585 g/mol. The first-order chi connectivity index (χ1) is 19.1. The van der Waals surface area contributed by atoms with E-state index in [1.165, 1.54) is 28.6 Å². The molecule has 1 saturated heterocycles. The van der Waals surface area contributed by atoms with Crippen molar-refractivity contribution in [3.63, 3.8) is 0 Å². The van der Waals surface area contributed by atoms with Gasteiger partial charge in [0, 0.05) is 25.3 Å². The molecule has 3 aromatic carbocycles. The Kier molecular flexibility index (Phi) is 8.13. The molecule has 0 bridgehead atoms. The number of nitrogens with one attached hydrogen (secondary N) is 1. The van der Waals surface area contributed by atoms with Crippen molar-refractivity contribution in [1.82, 2.24) is 8.61 Å². The van der Waals surface area contributed by atoms with Crippen LogP contribution >= 0.6 is 0 Å². The molecule has 0 aromatic heterocycles. The van der Waals surface area contributed by atoms with E-state index >= 15 is 0 Å². The Labute approximate surface area is 234 Å². The highest BCUT2D eigenvalue weighted by Crippen LogP contribution is 2.33. The number of para-hydroxylation sites is 1. The van der Waals surface area contributed by atoms with Gasteiger partial charge in [-0.05, 0) is 72.9 Å². The SMILES string of the molecule is C[C@@H]1CCCN(S(=O)(=O)c2ccc(S(=O)(=O)N(CC(=O)Nc3ccccc3)Cc3ccc4c(c3)OCO4)cc2)C1. The van der Waals surface area contributed by atoms with E-state index in [-0.39, 0.29) is 29.0 Å². The highest BCUT2D eigenvalue weighted by atomic mass is 32.2. The lowest BCUT2D eigenvalue weighted by atomic mass is 10.0. The van der Waals surface area contributed by atoms with Crippen molar-refractivity contribution in [3.8, 4) is 11.5 Å². The second-order valence-electron chi connectivity index (χ2n) is 9.96. The first-order valence-electron chi connectivity index (χ1n) is 13.0. The lowest BCUT2D eigenvalue weighted by Gasteiger charge is -2.30. The summed E-state index contributed by atoms with van der Waals surface area (Å²) in [6, 6.07) is 19.0. The standard InChI is InChI=1S/C28H31N3O7S2/c1-21-6-5-15-30(17-21)39(33,34)24-10-12-25(13-11-24)40(35,36)31(19-28(32)29-23-7-3-2-4-8-23)18-22-9-14-26-27(16-22)38-20-37-26/h2-4,7-14,16,21H,5-6,15,17-20H2,1H3,(H,29,32)/t21-/m1/s1. The Morgan fingerprint density at radius 3 is 2.38 bits per heavy atom. The maximum Gasteiger partial charge on any atom is 0.243 e. The number of nitrogens with zero attached hydrogens (tertiary/aromatic N) is 2. The van der Waals surface area contributed by atoms with Gasteiger partial charge in [-0.15, -0.1) is 0 Å². The van der Waals surface area contributed by atoms with Gasteiger partial charge in [0.2, 0.25) is 32.7 Å². The smallest absolute Gasteiger partial charge is 0.243 e. The van der Waals surface area contributed by atoms with E-state index < -0.39 is 32.5 Å². The number of amides is 1. The van der Waals surface area contributed by atoms with Gasteiger partial charge in [-0.2, -0.15) is 8.61 Å². The highest BCUT2D eigenvalue weighted by Gasteiger charge is 2.31. The molecule has 2 aliphatic rings. The summed E-state index contributed by atoms with van der Waals surface area (Å²) in [7, 11) is -7.95. The molecule has 0 aliphatic carbocycles. The van der Waals surface area contributed by atoms with Crippen molar-refractivity contribution < 1.29 is 31.1 Å². The third kappa shape index (κ3) is 6.15. The van der Waals surface area contributed by atoms with Gasteiger partial charge in [-0.1, -0.05) is 31.2 Å². The van der Waals surface area contributed by atoms with Gasteiger partial charge in [0.15, 0.2) is 11.5 Å². The number of carbonyl (C=O) groups is 1. The number of rotatable bonds is 9. The second-order valence-corrected chi connectivity index (χ2v) is 13.8. The summed E-state index contributed by atoms with van der Waals surface area (Å²) in [5.41, 5.74) is 1.13. The summed E-state index contributed by atoms with van der Waals surface area (Å²) in [5, 5.41) is 2.72. The van der Waals surface area contributed by atoms with Gasteiger partial charge in [0.1, 0.15) is 0 Å². The van der Waals surface area contributed by atoms with Gasteiger partial charge < -0.3 is 14.8 Å². The molecule has 1 atom stereocenters. The number of sulfonamides is 2. The predicted octanol–water partition coefficient (Wildman–Crippen LogP) is 3.67. The van der Waals surface area contributed by atoms with Crippen LogP contribution < -0.4 is 14.8 Å². The van der Waals surface area contributed by atoms with Crippen molar-refractivity contribution in [2.45, 2.75) is 36.1 Å². The molecule has 10 nitrogen and oxygen atoms in total. The number of benzene rings is 3. The van der Waals surface area contributed by atoms with Crippen LogP contribution in [0.3, 0.4) is 0 Å². The number of ether oxygens (including phenoxy) is 2. The molecule has 0 radical (unpaired) electrons. The molecular formula is C28H31N3O7S2. The van der Waals surface area contributed by atoms with Crippen LogP contribution in [0.1, 0.15) is 25.3 Å². The van der Waals surface area contributed by atoms with E-state index in [2.05, 4.69) is 5.32 Å². The molecule has 1 N–H and O–H groups in total. The molecule has 40 heavy (non-hydrogen) atoms. The highest BCUT2D eigenvalue weighted by molar-refractivity contribution is 7.89. The Hall–Kier alpha value is -3.45. The molecule has 0 unspecified atom stereocenters. The third-order valence-electron chi connectivity index (χ3n) is 6.89. The first kappa shape index (κ1) is 28.1. The average molecular weight is 586 g/mol. The average Bonchev–Trinajstić information content (AvgIpc) is 3.41. The van der Waals surface area contributed by atoms with Crippen LogP contribution in [0, 0.1) is 5.92 Å². The van der Waals surface area contributed by atoms with Gasteiger partial charge >= 0.3 is 0 Å². The van der Waals surface area contributed by atoms with Gasteiger partial charge in [0.05, 0.1) is 16.3 Å². The van der Waals surface area contributed by atoms with Crippen molar-refractivity contribution in [2.24, 2.45) is 5.92 Å². The van der Waals surface area contributed by atoms with Crippen LogP contribution in [-0.4, -0.2) is 57.8 Å². The summed E-state index contributed by atoms with van der Waals surface area (Å²) < 4.78 is 67.2. The topological polar surface area (TPSA) is 122 Å². The molecular weight excluding hydrogens is 554 g/mol. The Bertz CT molecular complexity index is 1580. The minimum atomic E-state index is -4.20. The number of carbonyl (C=O) groups excluding carboxylic acids is 1. The van der Waals surface area contributed by atoms with E-state index in [9.17, 15) is 21.6 Å². The van der Waals surface area contributed by atoms with Crippen molar-refractivity contribution in [2.75, 3.05) is 31.7 Å². The Morgan fingerprint density at radius 1 is 0.950 bits per heavy atom. The minimum absolute atomic E-state index is 0.0321. The fourth-order valence-corrected chi connectivity index (χ4v) is 7.78. The Morgan fingerprint density at radius 2 is 1.65 bits per heavy atom. The fraction of sp³-hybridized carbons (Fsp3) is 0.321. The van der Waals surface area contributed by atoms with E-state index in [1.54, 1.807) is 42.5 Å². The zero-order valence-corrected chi connectivity index (χ0v) is 23.7. The summed E-state index contributed by atoms with van der Waals surface area (Å²) in [6.07, 6.45) is 1.76. The number of anilines is 1. The van der Waals surface area contributed by atoms with Crippen molar-refractivity contribution in [1.29, 1.82) is 0 Å². The van der Waals surface area contributed by atoms with Crippen LogP contribution in [0.5, 0.6) is 11.5 Å². The number of fused-ring (bicyclic) bond motifs is 1. The predicted molar refractivity (Wildman–Crippen MR) is 149 cm³/mol. The van der Waals surface area contributed by atoms with E-state index in [0.717, 1.165) is 17.1 Å². The molecule has 0 saturated carbocycles. The maximum absolute atomic E-state index is 13.8. The van der Waals surface area contributed by atoms with Gasteiger partial charge in [-0.3, -0.25) is 4.79 Å². The molecule has 1 fully saturated rings. The first-order valence-corrected chi connectivity index (χ1v) is 15.8. The molecule has 2 heterocycles. The number of hydrogen-bond donors (Lipinski definition) is 1.